The fraction of sp³-hybridized carbons (Fsp3) is 0.160. The number of carbonyl (C=O) groups excluding carboxylic acids is 3. The average molecular weight is 482 g/mol. The van der Waals surface area contributed by atoms with Gasteiger partial charge in [0.15, 0.2) is 0 Å². The number of amides is 2. The molecule has 2 amide bonds. The highest BCUT2D eigenvalue weighted by atomic mass is 19.1. The summed E-state index contributed by atoms with van der Waals surface area (Å²) >= 11 is 0. The third-order valence-electron chi connectivity index (χ3n) is 5.46. The minimum atomic E-state index is -0.755. The topological polar surface area (TPSA) is 94.2 Å². The molecule has 3 aromatic carbocycles. The first-order valence-electron chi connectivity index (χ1n) is 10.4. The van der Waals surface area contributed by atoms with E-state index in [1.807, 2.05) is 0 Å². The predicted octanol–water partition coefficient (Wildman–Crippen LogP) is 4.67. The number of methoxy groups -OCH3 is 2. The molecule has 1 aliphatic rings. The normalized spacial score (nSPS) is 12.5. The number of nitrogens with zero attached hydrogens (tertiary/aromatic N) is 1. The van der Waals surface area contributed by atoms with Crippen LogP contribution in [0.15, 0.2) is 54.6 Å². The van der Waals surface area contributed by atoms with Crippen molar-refractivity contribution >= 4 is 29.3 Å². The Kier molecular flexibility index (Phi) is 6.63. The van der Waals surface area contributed by atoms with E-state index in [0.717, 1.165) is 12.1 Å². The van der Waals surface area contributed by atoms with Gasteiger partial charge < -0.3 is 19.5 Å². The van der Waals surface area contributed by atoms with Crippen LogP contribution in [0, 0.1) is 11.6 Å². The Morgan fingerprint density at radius 3 is 2.37 bits per heavy atom. The minimum absolute atomic E-state index is 0.0675. The summed E-state index contributed by atoms with van der Waals surface area (Å²) in [7, 11) is 2.46. The molecule has 35 heavy (non-hydrogen) atoms. The minimum Gasteiger partial charge on any atom is -0.489 e. The highest BCUT2D eigenvalue weighted by Crippen LogP contribution is 2.33. The van der Waals surface area contributed by atoms with Crippen molar-refractivity contribution in [3.8, 4) is 5.75 Å². The fourth-order valence-corrected chi connectivity index (χ4v) is 3.63. The molecule has 1 heterocycles. The second-order valence-electron chi connectivity index (χ2n) is 7.54. The number of fused-ring (bicyclic) bond motifs is 1. The molecule has 8 nitrogen and oxygen atoms in total. The SMILES string of the molecule is COC(=O)c1ccc2c(c1)NC(=O)N(c1cc(OCc3c(F)cccc3F)ccc1C(=O)OC)C2. The number of rotatable bonds is 6. The third kappa shape index (κ3) is 4.77. The second-order valence-corrected chi connectivity index (χ2v) is 7.54. The molecule has 0 fully saturated rings. The summed E-state index contributed by atoms with van der Waals surface area (Å²) in [6.07, 6.45) is 0. The number of esters is 2. The Labute approximate surface area is 199 Å². The van der Waals surface area contributed by atoms with Crippen LogP contribution in [0.2, 0.25) is 0 Å². The molecule has 10 heteroatoms. The Balaban J connectivity index is 1.66. The van der Waals surface area contributed by atoms with E-state index in [2.05, 4.69) is 5.32 Å². The Morgan fingerprint density at radius 1 is 0.971 bits per heavy atom. The standard InChI is InChI=1S/C25H20F2N2O6/c1-33-23(30)14-6-7-15-12-29(25(32)28-21(15)10-14)22-11-16(8-9-17(22)24(31)34-2)35-13-18-19(26)4-3-5-20(18)27/h3-11H,12-13H2,1-2H3,(H,28,32). The van der Waals surface area contributed by atoms with E-state index in [0.29, 0.717) is 11.3 Å². The molecule has 0 bridgehead atoms. The van der Waals surface area contributed by atoms with Crippen molar-refractivity contribution < 1.29 is 37.4 Å². The van der Waals surface area contributed by atoms with Crippen molar-refractivity contribution in [3.63, 3.8) is 0 Å². The molecule has 0 aliphatic carbocycles. The number of hydrogen-bond donors (Lipinski definition) is 1. The van der Waals surface area contributed by atoms with E-state index in [4.69, 9.17) is 14.2 Å². The van der Waals surface area contributed by atoms with Gasteiger partial charge in [0, 0.05) is 11.8 Å². The number of ether oxygens (including phenoxy) is 3. The number of benzene rings is 3. The number of hydrogen-bond acceptors (Lipinski definition) is 6. The molecule has 1 N–H and O–H groups in total. The smallest absolute Gasteiger partial charge is 0.339 e. The van der Waals surface area contributed by atoms with Crippen molar-refractivity contribution in [2.24, 2.45) is 0 Å². The summed E-state index contributed by atoms with van der Waals surface area (Å²) in [5.41, 5.74) is 1.37. The van der Waals surface area contributed by atoms with Gasteiger partial charge in [0.05, 0.1) is 43.1 Å². The number of anilines is 2. The summed E-state index contributed by atoms with van der Waals surface area (Å²) in [4.78, 5) is 38.4. The molecule has 180 valence electrons. The van der Waals surface area contributed by atoms with E-state index in [1.54, 1.807) is 12.1 Å². The van der Waals surface area contributed by atoms with Gasteiger partial charge in [-0.15, -0.1) is 0 Å². The summed E-state index contributed by atoms with van der Waals surface area (Å²) < 4.78 is 43.0. The van der Waals surface area contributed by atoms with Crippen LogP contribution < -0.4 is 15.0 Å². The molecule has 4 rings (SSSR count). The highest BCUT2D eigenvalue weighted by molar-refractivity contribution is 6.09. The maximum Gasteiger partial charge on any atom is 0.339 e. The molecular formula is C25H20F2N2O6. The van der Waals surface area contributed by atoms with E-state index in [-0.39, 0.29) is 34.7 Å². The molecule has 0 saturated heterocycles. The largest absolute Gasteiger partial charge is 0.489 e. The Hall–Kier alpha value is -4.47. The first kappa shape index (κ1) is 23.7. The number of carbonyl (C=O) groups is 3. The van der Waals surface area contributed by atoms with Gasteiger partial charge in [0.25, 0.3) is 0 Å². The molecule has 0 spiro atoms. The third-order valence-corrected chi connectivity index (χ3v) is 5.46. The van der Waals surface area contributed by atoms with Crippen LogP contribution in [0.3, 0.4) is 0 Å². The van der Waals surface area contributed by atoms with Crippen molar-refractivity contribution in [3.05, 3.63) is 88.5 Å². The predicted molar refractivity (Wildman–Crippen MR) is 121 cm³/mol. The van der Waals surface area contributed by atoms with E-state index in [9.17, 15) is 23.2 Å². The molecule has 3 aromatic rings. The van der Waals surface area contributed by atoms with Gasteiger partial charge in [-0.25, -0.2) is 23.2 Å². The number of urea groups is 1. The summed E-state index contributed by atoms with van der Waals surface area (Å²) in [5.74, 6) is -2.57. The van der Waals surface area contributed by atoms with Gasteiger partial charge in [-0.05, 0) is 42.0 Å². The van der Waals surface area contributed by atoms with Crippen LogP contribution in [0.25, 0.3) is 0 Å². The lowest BCUT2D eigenvalue weighted by Gasteiger charge is -2.31. The zero-order valence-electron chi connectivity index (χ0n) is 18.8. The molecule has 0 atom stereocenters. The zero-order chi connectivity index (χ0) is 25.1. The monoisotopic (exact) mass is 482 g/mol. The van der Waals surface area contributed by atoms with Crippen LogP contribution in [-0.4, -0.2) is 32.2 Å². The number of halogens is 2. The lowest BCUT2D eigenvalue weighted by Crippen LogP contribution is -2.39. The van der Waals surface area contributed by atoms with E-state index in [1.165, 1.54) is 49.5 Å². The molecule has 0 unspecified atom stereocenters. The van der Waals surface area contributed by atoms with Gasteiger partial charge in [-0.1, -0.05) is 12.1 Å². The maximum atomic E-state index is 14.0. The van der Waals surface area contributed by atoms with Gasteiger partial charge in [0.2, 0.25) is 0 Å². The molecule has 0 aromatic heterocycles. The second kappa shape index (κ2) is 9.80. The molecule has 0 saturated carbocycles. The van der Waals surface area contributed by atoms with Crippen LogP contribution in [0.1, 0.15) is 31.8 Å². The van der Waals surface area contributed by atoms with Crippen molar-refractivity contribution in [1.29, 1.82) is 0 Å². The van der Waals surface area contributed by atoms with Gasteiger partial charge in [-0.3, -0.25) is 4.90 Å². The van der Waals surface area contributed by atoms with Crippen LogP contribution in [0.5, 0.6) is 5.75 Å². The summed E-state index contributed by atoms with van der Waals surface area (Å²) in [6, 6.07) is 11.9. The number of nitrogens with one attached hydrogen (secondary N) is 1. The Morgan fingerprint density at radius 2 is 1.69 bits per heavy atom. The zero-order valence-corrected chi connectivity index (χ0v) is 18.8. The molecular weight excluding hydrogens is 462 g/mol. The van der Waals surface area contributed by atoms with Gasteiger partial charge in [0.1, 0.15) is 24.0 Å². The van der Waals surface area contributed by atoms with E-state index >= 15 is 0 Å². The first-order chi connectivity index (χ1) is 16.8. The molecule has 1 aliphatic heterocycles. The van der Waals surface area contributed by atoms with Crippen molar-refractivity contribution in [2.75, 3.05) is 24.4 Å². The lowest BCUT2D eigenvalue weighted by atomic mass is 10.0. The van der Waals surface area contributed by atoms with E-state index < -0.39 is 36.2 Å². The van der Waals surface area contributed by atoms with Crippen molar-refractivity contribution in [1.82, 2.24) is 0 Å². The van der Waals surface area contributed by atoms with Crippen LogP contribution >= 0.6 is 0 Å². The van der Waals surface area contributed by atoms with Gasteiger partial charge >= 0.3 is 18.0 Å². The highest BCUT2D eigenvalue weighted by Gasteiger charge is 2.29. The lowest BCUT2D eigenvalue weighted by molar-refractivity contribution is 0.0592. The van der Waals surface area contributed by atoms with Crippen molar-refractivity contribution in [2.45, 2.75) is 13.2 Å². The maximum absolute atomic E-state index is 14.0. The van der Waals surface area contributed by atoms with Gasteiger partial charge in [-0.2, -0.15) is 0 Å². The quantitative estimate of drug-likeness (QED) is 0.514. The first-order valence-corrected chi connectivity index (χ1v) is 10.4. The average Bonchev–Trinajstić information content (AvgIpc) is 2.86. The fourth-order valence-electron chi connectivity index (χ4n) is 3.63. The molecule has 0 radical (unpaired) electrons. The van der Waals surface area contributed by atoms with Crippen LogP contribution in [0.4, 0.5) is 25.0 Å². The van der Waals surface area contributed by atoms with Crippen LogP contribution in [-0.2, 0) is 22.6 Å². The summed E-state index contributed by atoms with van der Waals surface area (Å²) in [5, 5.41) is 2.69. The summed E-state index contributed by atoms with van der Waals surface area (Å²) in [6.45, 7) is -0.334. The Bertz CT molecular complexity index is 1310.